The molecule has 1 atom stereocenters. The third-order valence-electron chi connectivity index (χ3n) is 4.05. The van der Waals surface area contributed by atoms with Gasteiger partial charge >= 0.3 is 0 Å². The lowest BCUT2D eigenvalue weighted by Gasteiger charge is -2.36. The fourth-order valence-electron chi connectivity index (χ4n) is 2.74. The van der Waals surface area contributed by atoms with Crippen molar-refractivity contribution in [3.05, 3.63) is 53.7 Å². The zero-order valence-electron chi connectivity index (χ0n) is 13.6. The van der Waals surface area contributed by atoms with E-state index in [1.807, 2.05) is 35.2 Å². The molecule has 1 aromatic carbocycles. The van der Waals surface area contributed by atoms with Crippen molar-refractivity contribution in [2.45, 2.75) is 13.0 Å². The third kappa shape index (κ3) is 3.79. The molecule has 0 saturated carbocycles. The number of piperazine rings is 1. The molecule has 24 heavy (non-hydrogen) atoms. The second kappa shape index (κ2) is 7.53. The largest absolute Gasteiger partial charge is 0.479 e. The zero-order valence-corrected chi connectivity index (χ0v) is 14.3. The van der Waals surface area contributed by atoms with Crippen molar-refractivity contribution in [3.63, 3.8) is 0 Å². The Kier molecular flexibility index (Phi) is 5.20. The monoisotopic (exact) mass is 345 g/mol. The highest BCUT2D eigenvalue weighted by atomic mass is 35.5. The number of para-hydroxylation sites is 1. The molecule has 126 valence electrons. The Morgan fingerprint density at radius 2 is 1.83 bits per heavy atom. The Morgan fingerprint density at radius 1 is 1.12 bits per heavy atom. The van der Waals surface area contributed by atoms with E-state index in [2.05, 4.69) is 9.88 Å². The van der Waals surface area contributed by atoms with Crippen LogP contribution in [0.1, 0.15) is 6.92 Å². The minimum Gasteiger partial charge on any atom is -0.479 e. The first-order valence-electron chi connectivity index (χ1n) is 8.01. The second-order valence-electron chi connectivity index (χ2n) is 5.69. The van der Waals surface area contributed by atoms with Gasteiger partial charge in [0, 0.05) is 32.4 Å². The van der Waals surface area contributed by atoms with Crippen LogP contribution in [0.15, 0.2) is 48.7 Å². The Balaban J connectivity index is 1.56. The average molecular weight is 346 g/mol. The third-order valence-corrected chi connectivity index (χ3v) is 4.37. The summed E-state index contributed by atoms with van der Waals surface area (Å²) in [7, 11) is 0. The first-order chi connectivity index (χ1) is 11.6. The molecule has 0 N–H and O–H groups in total. The highest BCUT2D eigenvalue weighted by molar-refractivity contribution is 6.32. The number of halogens is 1. The second-order valence-corrected chi connectivity index (χ2v) is 6.10. The number of rotatable bonds is 4. The minimum atomic E-state index is -0.564. The summed E-state index contributed by atoms with van der Waals surface area (Å²) in [5.41, 5.74) is 0. The van der Waals surface area contributed by atoms with Crippen LogP contribution in [0.3, 0.4) is 0 Å². The fourth-order valence-corrected chi connectivity index (χ4v) is 2.92. The molecule has 0 bridgehead atoms. The number of anilines is 1. The highest BCUT2D eigenvalue weighted by Gasteiger charge is 2.26. The average Bonchev–Trinajstić information content (AvgIpc) is 2.64. The summed E-state index contributed by atoms with van der Waals surface area (Å²) in [6, 6.07) is 13.0. The molecule has 0 aliphatic carbocycles. The number of carbonyl (C=O) groups excluding carboxylic acids is 1. The number of amides is 1. The van der Waals surface area contributed by atoms with Crippen molar-refractivity contribution in [2.24, 2.45) is 0 Å². The molecule has 5 nitrogen and oxygen atoms in total. The van der Waals surface area contributed by atoms with Crippen LogP contribution in [0.25, 0.3) is 0 Å². The van der Waals surface area contributed by atoms with Gasteiger partial charge in [0.25, 0.3) is 5.91 Å². The topological polar surface area (TPSA) is 45.7 Å². The van der Waals surface area contributed by atoms with Gasteiger partial charge in [0.1, 0.15) is 11.6 Å². The van der Waals surface area contributed by atoms with Crippen molar-refractivity contribution < 1.29 is 9.53 Å². The molecule has 1 amide bonds. The standard InChI is InChI=1S/C18H20ClN3O2/c1-14(24-16-7-3-2-6-15(16)19)18(23)22-12-10-21(11-13-22)17-8-4-5-9-20-17/h2-9,14H,10-13H2,1H3/t14-/m0/s1. The Labute approximate surface area is 146 Å². The van der Waals surface area contributed by atoms with Crippen molar-refractivity contribution in [2.75, 3.05) is 31.1 Å². The van der Waals surface area contributed by atoms with Gasteiger partial charge in [-0.05, 0) is 31.2 Å². The van der Waals surface area contributed by atoms with Crippen molar-refractivity contribution in [3.8, 4) is 5.75 Å². The maximum absolute atomic E-state index is 12.6. The number of benzene rings is 1. The van der Waals surface area contributed by atoms with Gasteiger partial charge in [-0.15, -0.1) is 0 Å². The smallest absolute Gasteiger partial charge is 0.263 e. The minimum absolute atomic E-state index is 0.0180. The number of aromatic nitrogens is 1. The summed E-state index contributed by atoms with van der Waals surface area (Å²) < 4.78 is 5.72. The van der Waals surface area contributed by atoms with E-state index in [0.717, 1.165) is 18.9 Å². The molecule has 2 heterocycles. The number of carbonyl (C=O) groups is 1. The molecular formula is C18H20ClN3O2. The molecule has 3 rings (SSSR count). The first kappa shape index (κ1) is 16.6. The van der Waals surface area contributed by atoms with Gasteiger partial charge < -0.3 is 14.5 Å². The summed E-state index contributed by atoms with van der Waals surface area (Å²) >= 11 is 6.08. The van der Waals surface area contributed by atoms with E-state index >= 15 is 0 Å². The molecular weight excluding hydrogens is 326 g/mol. The van der Waals surface area contributed by atoms with Gasteiger partial charge in [0.15, 0.2) is 6.10 Å². The molecule has 0 radical (unpaired) electrons. The Morgan fingerprint density at radius 3 is 2.50 bits per heavy atom. The summed E-state index contributed by atoms with van der Waals surface area (Å²) in [4.78, 5) is 21.0. The molecule has 2 aromatic rings. The molecule has 1 aliphatic heterocycles. The van der Waals surface area contributed by atoms with Crippen LogP contribution in [-0.4, -0.2) is 48.1 Å². The van der Waals surface area contributed by atoms with E-state index in [0.29, 0.717) is 23.9 Å². The van der Waals surface area contributed by atoms with E-state index < -0.39 is 6.10 Å². The molecule has 0 unspecified atom stereocenters. The molecule has 1 fully saturated rings. The van der Waals surface area contributed by atoms with Gasteiger partial charge in [-0.25, -0.2) is 4.98 Å². The Bertz CT molecular complexity index is 688. The van der Waals surface area contributed by atoms with Crippen LogP contribution in [0, 0.1) is 0 Å². The van der Waals surface area contributed by atoms with Crippen LogP contribution in [0.2, 0.25) is 5.02 Å². The van der Waals surface area contributed by atoms with Crippen LogP contribution < -0.4 is 9.64 Å². The lowest BCUT2D eigenvalue weighted by Crippen LogP contribution is -2.52. The maximum Gasteiger partial charge on any atom is 0.263 e. The summed E-state index contributed by atoms with van der Waals surface area (Å²) in [5, 5.41) is 0.511. The van der Waals surface area contributed by atoms with Gasteiger partial charge in [-0.1, -0.05) is 29.8 Å². The van der Waals surface area contributed by atoms with Crippen molar-refractivity contribution in [1.82, 2.24) is 9.88 Å². The number of pyridine rings is 1. The highest BCUT2D eigenvalue weighted by Crippen LogP contribution is 2.24. The predicted octanol–water partition coefficient (Wildman–Crippen LogP) is 2.85. The molecule has 6 heteroatoms. The van der Waals surface area contributed by atoms with Crippen molar-refractivity contribution in [1.29, 1.82) is 0 Å². The van der Waals surface area contributed by atoms with Gasteiger partial charge in [-0.3, -0.25) is 4.79 Å². The lowest BCUT2D eigenvalue weighted by molar-refractivity contribution is -0.138. The molecule has 1 aromatic heterocycles. The number of ether oxygens (including phenoxy) is 1. The predicted molar refractivity (Wildman–Crippen MR) is 94.6 cm³/mol. The lowest BCUT2D eigenvalue weighted by atomic mass is 10.2. The van der Waals surface area contributed by atoms with Crippen LogP contribution in [-0.2, 0) is 4.79 Å². The van der Waals surface area contributed by atoms with E-state index in [1.54, 1.807) is 25.3 Å². The summed E-state index contributed by atoms with van der Waals surface area (Å²) in [5.74, 6) is 1.47. The van der Waals surface area contributed by atoms with Crippen molar-refractivity contribution >= 4 is 23.3 Å². The Hall–Kier alpha value is -2.27. The fraction of sp³-hybridized carbons (Fsp3) is 0.333. The van der Waals surface area contributed by atoms with Crippen LogP contribution in [0.5, 0.6) is 5.75 Å². The summed E-state index contributed by atoms with van der Waals surface area (Å²) in [6.45, 7) is 4.61. The van der Waals surface area contributed by atoms with Crippen LogP contribution >= 0.6 is 11.6 Å². The van der Waals surface area contributed by atoms with E-state index in [4.69, 9.17) is 16.3 Å². The van der Waals surface area contributed by atoms with Gasteiger partial charge in [0.05, 0.1) is 5.02 Å². The van der Waals surface area contributed by atoms with E-state index in [-0.39, 0.29) is 5.91 Å². The molecule has 1 aliphatic rings. The van der Waals surface area contributed by atoms with E-state index in [9.17, 15) is 4.79 Å². The SMILES string of the molecule is C[C@H](Oc1ccccc1Cl)C(=O)N1CCN(c2ccccn2)CC1. The van der Waals surface area contributed by atoms with E-state index in [1.165, 1.54) is 0 Å². The number of nitrogens with zero attached hydrogens (tertiary/aromatic N) is 3. The van der Waals surface area contributed by atoms with Gasteiger partial charge in [-0.2, -0.15) is 0 Å². The zero-order chi connectivity index (χ0) is 16.9. The number of hydrogen-bond donors (Lipinski definition) is 0. The normalized spacial score (nSPS) is 15.9. The van der Waals surface area contributed by atoms with Gasteiger partial charge in [0.2, 0.25) is 0 Å². The number of hydrogen-bond acceptors (Lipinski definition) is 4. The summed E-state index contributed by atoms with van der Waals surface area (Å²) in [6.07, 6.45) is 1.22. The molecule has 0 spiro atoms. The van der Waals surface area contributed by atoms with Crippen LogP contribution in [0.4, 0.5) is 5.82 Å². The quantitative estimate of drug-likeness (QED) is 0.854. The molecule has 1 saturated heterocycles. The first-order valence-corrected chi connectivity index (χ1v) is 8.39. The maximum atomic E-state index is 12.6.